The Morgan fingerprint density at radius 1 is 0.964 bits per heavy atom. The van der Waals surface area contributed by atoms with Crippen LogP contribution in [-0.4, -0.2) is 16.8 Å². The maximum Gasteiger partial charge on any atom is 0.257 e. The molecule has 0 aliphatic heterocycles. The van der Waals surface area contributed by atoms with Crippen molar-refractivity contribution in [1.29, 1.82) is 0 Å². The Labute approximate surface area is 168 Å². The van der Waals surface area contributed by atoms with Crippen molar-refractivity contribution in [2.75, 3.05) is 5.32 Å². The van der Waals surface area contributed by atoms with Gasteiger partial charge in [0.1, 0.15) is 0 Å². The highest BCUT2D eigenvalue weighted by atomic mass is 35.5. The van der Waals surface area contributed by atoms with Gasteiger partial charge in [0.25, 0.3) is 11.8 Å². The molecule has 0 aliphatic carbocycles. The molecule has 2 amide bonds. The van der Waals surface area contributed by atoms with E-state index in [2.05, 4.69) is 15.6 Å². The molecular formula is C22H20ClN3O2. The van der Waals surface area contributed by atoms with Crippen molar-refractivity contribution in [2.45, 2.75) is 19.9 Å². The third kappa shape index (κ3) is 4.96. The van der Waals surface area contributed by atoms with Gasteiger partial charge in [0.15, 0.2) is 0 Å². The van der Waals surface area contributed by atoms with Gasteiger partial charge in [-0.25, -0.2) is 0 Å². The van der Waals surface area contributed by atoms with Crippen LogP contribution < -0.4 is 10.6 Å². The van der Waals surface area contributed by atoms with Gasteiger partial charge in [-0.15, -0.1) is 0 Å². The Hall–Kier alpha value is -3.18. The van der Waals surface area contributed by atoms with Gasteiger partial charge in [-0.3, -0.25) is 14.6 Å². The summed E-state index contributed by atoms with van der Waals surface area (Å²) in [4.78, 5) is 29.0. The third-order valence-corrected chi connectivity index (χ3v) is 4.53. The number of carbonyl (C=O) groups excluding carboxylic acids is 2. The van der Waals surface area contributed by atoms with Crippen molar-refractivity contribution in [3.8, 4) is 0 Å². The van der Waals surface area contributed by atoms with E-state index in [1.807, 2.05) is 43.3 Å². The lowest BCUT2D eigenvalue weighted by Crippen LogP contribution is -2.23. The van der Waals surface area contributed by atoms with Gasteiger partial charge in [-0.1, -0.05) is 48.9 Å². The molecule has 3 aromatic rings. The van der Waals surface area contributed by atoms with E-state index >= 15 is 0 Å². The van der Waals surface area contributed by atoms with E-state index in [1.165, 1.54) is 18.5 Å². The number of nitrogens with one attached hydrogen (secondary N) is 2. The van der Waals surface area contributed by atoms with Gasteiger partial charge in [0.05, 0.1) is 11.1 Å². The molecule has 1 heterocycles. The number of amides is 2. The second-order valence-corrected chi connectivity index (χ2v) is 6.67. The summed E-state index contributed by atoms with van der Waals surface area (Å²) in [5.41, 5.74) is 3.37. The largest absolute Gasteiger partial charge is 0.348 e. The number of hydrogen-bond donors (Lipinski definition) is 2. The Morgan fingerprint density at radius 3 is 2.36 bits per heavy atom. The molecule has 0 aliphatic rings. The normalized spacial score (nSPS) is 10.4. The Kier molecular flexibility index (Phi) is 6.40. The number of benzene rings is 2. The zero-order valence-electron chi connectivity index (χ0n) is 15.4. The summed E-state index contributed by atoms with van der Waals surface area (Å²) in [7, 11) is 0. The summed E-state index contributed by atoms with van der Waals surface area (Å²) in [5.74, 6) is -0.605. The van der Waals surface area contributed by atoms with Gasteiger partial charge in [-0.05, 0) is 41.8 Å². The molecule has 28 heavy (non-hydrogen) atoms. The molecule has 0 bridgehead atoms. The van der Waals surface area contributed by atoms with E-state index in [0.717, 1.165) is 23.2 Å². The number of nitrogens with zero attached hydrogens (tertiary/aromatic N) is 1. The van der Waals surface area contributed by atoms with Crippen LogP contribution in [0.5, 0.6) is 0 Å². The number of aromatic nitrogens is 1. The van der Waals surface area contributed by atoms with Crippen molar-refractivity contribution in [3.05, 3.63) is 94.3 Å². The maximum absolute atomic E-state index is 12.6. The lowest BCUT2D eigenvalue weighted by molar-refractivity contribution is 0.0950. The highest BCUT2D eigenvalue weighted by molar-refractivity contribution is 6.30. The van der Waals surface area contributed by atoms with Crippen LogP contribution in [0.3, 0.4) is 0 Å². The Bertz CT molecular complexity index is 987. The lowest BCUT2D eigenvalue weighted by Gasteiger charge is -2.10. The zero-order valence-corrected chi connectivity index (χ0v) is 16.2. The van der Waals surface area contributed by atoms with Crippen molar-refractivity contribution in [3.63, 3.8) is 0 Å². The first-order valence-electron chi connectivity index (χ1n) is 8.93. The number of pyridine rings is 1. The Morgan fingerprint density at radius 2 is 1.64 bits per heavy atom. The van der Waals surface area contributed by atoms with E-state index in [9.17, 15) is 9.59 Å². The molecule has 0 radical (unpaired) electrons. The van der Waals surface area contributed by atoms with Gasteiger partial charge in [0, 0.05) is 29.6 Å². The van der Waals surface area contributed by atoms with Crippen molar-refractivity contribution in [2.24, 2.45) is 0 Å². The van der Waals surface area contributed by atoms with Crippen LogP contribution in [0, 0.1) is 0 Å². The summed E-state index contributed by atoms with van der Waals surface area (Å²) >= 11 is 5.86. The molecular weight excluding hydrogens is 374 g/mol. The molecule has 1 aromatic heterocycles. The smallest absolute Gasteiger partial charge is 0.257 e. The van der Waals surface area contributed by atoms with Crippen molar-refractivity contribution in [1.82, 2.24) is 10.3 Å². The van der Waals surface area contributed by atoms with Crippen LogP contribution in [0.1, 0.15) is 38.8 Å². The van der Waals surface area contributed by atoms with Gasteiger partial charge in [-0.2, -0.15) is 0 Å². The molecule has 5 nitrogen and oxygen atoms in total. The molecule has 3 rings (SSSR count). The molecule has 2 N–H and O–H groups in total. The molecule has 6 heteroatoms. The van der Waals surface area contributed by atoms with E-state index in [-0.39, 0.29) is 11.8 Å². The molecule has 2 aromatic carbocycles. The summed E-state index contributed by atoms with van der Waals surface area (Å²) in [5, 5.41) is 6.34. The first kappa shape index (κ1) is 19.6. The monoisotopic (exact) mass is 393 g/mol. The van der Waals surface area contributed by atoms with Crippen LogP contribution in [-0.2, 0) is 13.0 Å². The van der Waals surface area contributed by atoms with E-state index in [0.29, 0.717) is 22.7 Å². The minimum Gasteiger partial charge on any atom is -0.348 e. The molecule has 0 spiro atoms. The van der Waals surface area contributed by atoms with Crippen LogP contribution in [0.25, 0.3) is 0 Å². The summed E-state index contributed by atoms with van der Waals surface area (Å²) in [6, 6.07) is 16.4. The highest BCUT2D eigenvalue weighted by Gasteiger charge is 2.12. The second kappa shape index (κ2) is 9.15. The molecule has 0 fully saturated rings. The molecule has 0 unspecified atom stereocenters. The standard InChI is InChI=1S/C22H20ClN3O2/c1-2-16-5-3-4-6-20(16)26-22(28)18-11-17(13-24-14-18)21(27)25-12-15-7-9-19(23)10-8-15/h3-11,13-14H,2,12H2,1H3,(H,25,27)(H,26,28). The number of anilines is 1. The van der Waals surface area contributed by atoms with Crippen LogP contribution in [0.4, 0.5) is 5.69 Å². The number of halogens is 1. The number of carbonyl (C=O) groups is 2. The van der Waals surface area contributed by atoms with Crippen LogP contribution in [0.15, 0.2) is 67.0 Å². The molecule has 0 saturated carbocycles. The van der Waals surface area contributed by atoms with E-state index < -0.39 is 0 Å². The van der Waals surface area contributed by atoms with Crippen molar-refractivity contribution < 1.29 is 9.59 Å². The fraction of sp³-hybridized carbons (Fsp3) is 0.136. The highest BCUT2D eigenvalue weighted by Crippen LogP contribution is 2.17. The molecule has 142 valence electrons. The number of hydrogen-bond acceptors (Lipinski definition) is 3. The SMILES string of the molecule is CCc1ccccc1NC(=O)c1cncc(C(=O)NCc2ccc(Cl)cc2)c1. The van der Waals surface area contributed by atoms with E-state index in [4.69, 9.17) is 11.6 Å². The summed E-state index contributed by atoms with van der Waals surface area (Å²) in [6.07, 6.45) is 3.69. The fourth-order valence-electron chi connectivity index (χ4n) is 2.72. The predicted octanol–water partition coefficient (Wildman–Crippen LogP) is 4.48. The zero-order chi connectivity index (χ0) is 19.9. The van der Waals surface area contributed by atoms with E-state index in [1.54, 1.807) is 12.1 Å². The third-order valence-electron chi connectivity index (χ3n) is 4.28. The average molecular weight is 394 g/mol. The second-order valence-electron chi connectivity index (χ2n) is 6.24. The topological polar surface area (TPSA) is 71.1 Å². The average Bonchev–Trinajstić information content (AvgIpc) is 2.73. The lowest BCUT2D eigenvalue weighted by atomic mass is 10.1. The quantitative estimate of drug-likeness (QED) is 0.648. The predicted molar refractivity (Wildman–Crippen MR) is 111 cm³/mol. The number of aryl methyl sites for hydroxylation is 1. The van der Waals surface area contributed by atoms with Gasteiger partial charge in [0.2, 0.25) is 0 Å². The fourth-order valence-corrected chi connectivity index (χ4v) is 2.85. The van der Waals surface area contributed by atoms with Gasteiger partial charge < -0.3 is 10.6 Å². The van der Waals surface area contributed by atoms with Crippen LogP contribution >= 0.6 is 11.6 Å². The first-order chi connectivity index (χ1) is 13.6. The molecule has 0 saturated heterocycles. The maximum atomic E-state index is 12.6. The minimum atomic E-state index is -0.305. The number of para-hydroxylation sites is 1. The van der Waals surface area contributed by atoms with Crippen LogP contribution in [0.2, 0.25) is 5.02 Å². The Balaban J connectivity index is 1.68. The van der Waals surface area contributed by atoms with Crippen molar-refractivity contribution >= 4 is 29.1 Å². The summed E-state index contributed by atoms with van der Waals surface area (Å²) < 4.78 is 0. The molecule has 0 atom stereocenters. The number of rotatable bonds is 6. The first-order valence-corrected chi connectivity index (χ1v) is 9.31. The minimum absolute atomic E-state index is 0.300. The van der Waals surface area contributed by atoms with Gasteiger partial charge >= 0.3 is 0 Å². The summed E-state index contributed by atoms with van der Waals surface area (Å²) in [6.45, 7) is 2.38.